The minimum atomic E-state index is -0.793. The van der Waals surface area contributed by atoms with E-state index in [0.717, 1.165) is 0 Å². The Morgan fingerprint density at radius 1 is 1.14 bits per heavy atom. The number of carbonyl (C=O) groups is 2. The SMILES string of the molecule is CNC(=O)c1cc(OC)c(C(=O)NC)c([N+](=O)[O-])c1OC. The number of nitro benzene ring substituents is 1. The molecule has 0 aliphatic carbocycles. The summed E-state index contributed by atoms with van der Waals surface area (Å²) >= 11 is 0. The molecular formula is C12H15N3O6. The molecule has 0 heterocycles. The molecule has 2 N–H and O–H groups in total. The highest BCUT2D eigenvalue weighted by atomic mass is 16.6. The van der Waals surface area contributed by atoms with Gasteiger partial charge in [0.1, 0.15) is 5.75 Å². The molecule has 0 spiro atoms. The summed E-state index contributed by atoms with van der Waals surface area (Å²) in [5, 5.41) is 15.9. The van der Waals surface area contributed by atoms with E-state index in [0.29, 0.717) is 0 Å². The van der Waals surface area contributed by atoms with Gasteiger partial charge in [-0.3, -0.25) is 19.7 Å². The molecular weight excluding hydrogens is 282 g/mol. The van der Waals surface area contributed by atoms with E-state index in [1.165, 1.54) is 34.4 Å². The van der Waals surface area contributed by atoms with Crippen LogP contribution in [0.5, 0.6) is 11.5 Å². The smallest absolute Gasteiger partial charge is 0.328 e. The van der Waals surface area contributed by atoms with Gasteiger partial charge in [-0.05, 0) is 6.07 Å². The summed E-state index contributed by atoms with van der Waals surface area (Å²) in [5.41, 5.74) is -1.04. The van der Waals surface area contributed by atoms with E-state index in [2.05, 4.69) is 10.6 Å². The number of hydrogen-bond donors (Lipinski definition) is 2. The molecule has 0 bridgehead atoms. The van der Waals surface area contributed by atoms with Gasteiger partial charge in [-0.1, -0.05) is 0 Å². The molecule has 0 fully saturated rings. The Labute approximate surface area is 120 Å². The molecule has 0 saturated carbocycles. The third kappa shape index (κ3) is 2.86. The Morgan fingerprint density at radius 2 is 1.71 bits per heavy atom. The van der Waals surface area contributed by atoms with Gasteiger partial charge in [-0.2, -0.15) is 0 Å². The van der Waals surface area contributed by atoms with Crippen LogP contribution in [0.1, 0.15) is 20.7 Å². The van der Waals surface area contributed by atoms with E-state index in [1.54, 1.807) is 0 Å². The van der Waals surface area contributed by atoms with E-state index in [4.69, 9.17) is 9.47 Å². The van der Waals surface area contributed by atoms with Gasteiger partial charge in [0.05, 0.1) is 24.7 Å². The highest BCUT2D eigenvalue weighted by Crippen LogP contribution is 2.40. The molecule has 0 aromatic heterocycles. The first-order chi connectivity index (χ1) is 9.92. The van der Waals surface area contributed by atoms with Gasteiger partial charge in [-0.25, -0.2) is 0 Å². The highest BCUT2D eigenvalue weighted by Gasteiger charge is 2.34. The molecule has 114 valence electrons. The van der Waals surface area contributed by atoms with Crippen molar-refractivity contribution >= 4 is 17.5 Å². The minimum absolute atomic E-state index is 0.0968. The molecule has 1 aromatic carbocycles. The lowest BCUT2D eigenvalue weighted by Crippen LogP contribution is -2.23. The van der Waals surface area contributed by atoms with Gasteiger partial charge in [-0.15, -0.1) is 0 Å². The fourth-order valence-electron chi connectivity index (χ4n) is 1.82. The number of nitrogens with one attached hydrogen (secondary N) is 2. The van der Waals surface area contributed by atoms with Crippen molar-refractivity contribution in [2.24, 2.45) is 0 Å². The first-order valence-corrected chi connectivity index (χ1v) is 5.80. The highest BCUT2D eigenvalue weighted by molar-refractivity contribution is 6.06. The van der Waals surface area contributed by atoms with Crippen molar-refractivity contribution in [2.75, 3.05) is 28.3 Å². The van der Waals surface area contributed by atoms with Crippen molar-refractivity contribution < 1.29 is 24.0 Å². The Hall–Kier alpha value is -2.84. The summed E-state index contributed by atoms with van der Waals surface area (Å²) in [6.07, 6.45) is 0. The Bertz CT molecular complexity index is 599. The first kappa shape index (κ1) is 16.2. The van der Waals surface area contributed by atoms with E-state index < -0.39 is 22.4 Å². The number of nitrogens with zero attached hydrogens (tertiary/aromatic N) is 1. The summed E-state index contributed by atoms with van der Waals surface area (Å²) in [7, 11) is 5.11. The van der Waals surface area contributed by atoms with Gasteiger partial charge in [0.25, 0.3) is 11.8 Å². The molecule has 0 radical (unpaired) electrons. The van der Waals surface area contributed by atoms with Crippen molar-refractivity contribution in [1.82, 2.24) is 10.6 Å². The Balaban J connectivity index is 3.85. The summed E-state index contributed by atoms with van der Waals surface area (Å²) in [6, 6.07) is 1.22. The van der Waals surface area contributed by atoms with Crippen LogP contribution in [0.4, 0.5) is 5.69 Å². The number of hydrogen-bond acceptors (Lipinski definition) is 6. The van der Waals surface area contributed by atoms with Crippen LogP contribution in [0.15, 0.2) is 6.07 Å². The fraction of sp³-hybridized carbons (Fsp3) is 0.333. The van der Waals surface area contributed by atoms with Crippen LogP contribution in [0.25, 0.3) is 0 Å². The summed E-state index contributed by atoms with van der Waals surface area (Å²) in [5.74, 6) is -1.73. The lowest BCUT2D eigenvalue weighted by Gasteiger charge is -2.14. The summed E-state index contributed by atoms with van der Waals surface area (Å²) in [4.78, 5) is 34.2. The number of nitro groups is 1. The van der Waals surface area contributed by atoms with Crippen LogP contribution >= 0.6 is 0 Å². The van der Waals surface area contributed by atoms with E-state index in [9.17, 15) is 19.7 Å². The van der Waals surface area contributed by atoms with Crippen LogP contribution < -0.4 is 20.1 Å². The lowest BCUT2D eigenvalue weighted by molar-refractivity contribution is -0.386. The average Bonchev–Trinajstić information content (AvgIpc) is 2.50. The van der Waals surface area contributed by atoms with Gasteiger partial charge in [0.15, 0.2) is 5.56 Å². The molecule has 0 unspecified atom stereocenters. The van der Waals surface area contributed by atoms with Gasteiger partial charge in [0.2, 0.25) is 5.75 Å². The third-order valence-corrected chi connectivity index (χ3v) is 2.75. The molecule has 2 amide bonds. The molecule has 0 aliphatic rings. The second-order valence-corrected chi connectivity index (χ2v) is 3.80. The molecule has 0 aliphatic heterocycles. The lowest BCUT2D eigenvalue weighted by atomic mass is 10.0. The molecule has 21 heavy (non-hydrogen) atoms. The van der Waals surface area contributed by atoms with Crippen molar-refractivity contribution in [3.05, 3.63) is 27.3 Å². The number of carbonyl (C=O) groups excluding carboxylic acids is 2. The van der Waals surface area contributed by atoms with Crippen LogP contribution in [-0.4, -0.2) is 45.1 Å². The average molecular weight is 297 g/mol. The zero-order valence-corrected chi connectivity index (χ0v) is 12.0. The largest absolute Gasteiger partial charge is 0.496 e. The predicted octanol–water partition coefficient (Wildman–Crippen LogP) is 0.331. The van der Waals surface area contributed by atoms with Crippen molar-refractivity contribution in [3.8, 4) is 11.5 Å². The second kappa shape index (κ2) is 6.55. The monoisotopic (exact) mass is 297 g/mol. The normalized spacial score (nSPS) is 9.71. The Kier molecular flexibility index (Phi) is 5.06. The number of ether oxygens (including phenoxy) is 2. The predicted molar refractivity (Wildman–Crippen MR) is 73.0 cm³/mol. The number of rotatable bonds is 5. The molecule has 9 heteroatoms. The molecule has 1 aromatic rings. The quantitative estimate of drug-likeness (QED) is 0.597. The fourth-order valence-corrected chi connectivity index (χ4v) is 1.82. The minimum Gasteiger partial charge on any atom is -0.496 e. The molecule has 1 rings (SSSR count). The maximum Gasteiger partial charge on any atom is 0.328 e. The Morgan fingerprint density at radius 3 is 2.10 bits per heavy atom. The summed E-state index contributed by atoms with van der Waals surface area (Å²) < 4.78 is 9.95. The second-order valence-electron chi connectivity index (χ2n) is 3.80. The number of methoxy groups -OCH3 is 2. The maximum absolute atomic E-state index is 11.9. The van der Waals surface area contributed by atoms with Gasteiger partial charge in [0, 0.05) is 14.1 Å². The zero-order valence-electron chi connectivity index (χ0n) is 12.0. The van der Waals surface area contributed by atoms with Crippen LogP contribution in [-0.2, 0) is 0 Å². The van der Waals surface area contributed by atoms with E-state index in [-0.39, 0.29) is 22.6 Å². The van der Waals surface area contributed by atoms with E-state index in [1.807, 2.05) is 0 Å². The van der Waals surface area contributed by atoms with Gasteiger partial charge >= 0.3 is 5.69 Å². The molecule has 0 saturated heterocycles. The number of amides is 2. The van der Waals surface area contributed by atoms with Gasteiger partial charge < -0.3 is 20.1 Å². The van der Waals surface area contributed by atoms with Crippen LogP contribution in [0.3, 0.4) is 0 Å². The van der Waals surface area contributed by atoms with Crippen LogP contribution in [0, 0.1) is 10.1 Å². The molecule has 0 atom stereocenters. The standard InChI is InChI=1S/C12H15N3O6/c1-13-11(16)6-5-7(20-3)8(12(17)14-2)9(15(18)19)10(6)21-4/h5H,1-4H3,(H,13,16)(H,14,17). The van der Waals surface area contributed by atoms with E-state index >= 15 is 0 Å². The van der Waals surface area contributed by atoms with Crippen LogP contribution in [0.2, 0.25) is 0 Å². The topological polar surface area (TPSA) is 120 Å². The van der Waals surface area contributed by atoms with Crippen molar-refractivity contribution in [3.63, 3.8) is 0 Å². The first-order valence-electron chi connectivity index (χ1n) is 5.80. The summed E-state index contributed by atoms with van der Waals surface area (Å²) in [6.45, 7) is 0. The van der Waals surface area contributed by atoms with Crippen molar-refractivity contribution in [2.45, 2.75) is 0 Å². The molecule has 9 nitrogen and oxygen atoms in total. The zero-order chi connectivity index (χ0) is 16.2. The maximum atomic E-state index is 11.9. The number of benzene rings is 1. The third-order valence-electron chi connectivity index (χ3n) is 2.75. The van der Waals surface area contributed by atoms with Crippen molar-refractivity contribution in [1.29, 1.82) is 0 Å².